The largest absolute Gasteiger partial charge is 0.344 e. The van der Waals surface area contributed by atoms with Crippen LogP contribution in [0.1, 0.15) is 74.6 Å². The molecule has 140 valence electrons. The second kappa shape index (κ2) is 8.79. The number of carbonyl (C=O) groups excluding carboxylic acids is 1. The van der Waals surface area contributed by atoms with Crippen molar-refractivity contribution >= 4 is 5.91 Å². The molecule has 0 bridgehead atoms. The zero-order valence-corrected chi connectivity index (χ0v) is 16.3. The van der Waals surface area contributed by atoms with E-state index in [1.165, 1.54) is 22.4 Å². The Labute approximate surface area is 155 Å². The Hall–Kier alpha value is -2.43. The van der Waals surface area contributed by atoms with Crippen LogP contribution in [0.4, 0.5) is 0 Å². The summed E-state index contributed by atoms with van der Waals surface area (Å²) in [5.74, 6) is 0.437. The molecule has 2 rings (SSSR count). The standard InChI is InChI=1S/C21H29N3O2/c1-6-13-24-19(25)12-11-18(23-24)21(26)22-20(15(4)5)17-9-7-16(8-10-17)14(2)3/h7-12,14-15,20H,6,13H2,1-5H3,(H,22,26). The molecule has 0 fully saturated rings. The number of rotatable bonds is 7. The third-order valence-corrected chi connectivity index (χ3v) is 4.45. The SMILES string of the molecule is CCCn1nc(C(=O)NC(c2ccc(C(C)C)cc2)C(C)C)ccc1=O. The van der Waals surface area contributed by atoms with Crippen LogP contribution < -0.4 is 10.9 Å². The molecule has 1 amide bonds. The van der Waals surface area contributed by atoms with Gasteiger partial charge in [-0.2, -0.15) is 5.10 Å². The Morgan fingerprint density at radius 3 is 2.19 bits per heavy atom. The number of hydrogen-bond donors (Lipinski definition) is 1. The van der Waals surface area contributed by atoms with E-state index in [1.54, 1.807) is 0 Å². The second-order valence-electron chi connectivity index (χ2n) is 7.30. The Kier molecular flexibility index (Phi) is 6.72. The molecule has 26 heavy (non-hydrogen) atoms. The molecular weight excluding hydrogens is 326 g/mol. The molecule has 1 unspecified atom stereocenters. The van der Waals surface area contributed by atoms with Gasteiger partial charge in [0.15, 0.2) is 0 Å². The number of carbonyl (C=O) groups is 1. The van der Waals surface area contributed by atoms with Gasteiger partial charge in [-0.1, -0.05) is 58.9 Å². The highest BCUT2D eigenvalue weighted by atomic mass is 16.2. The molecule has 1 N–H and O–H groups in total. The van der Waals surface area contributed by atoms with Gasteiger partial charge in [0.1, 0.15) is 5.69 Å². The summed E-state index contributed by atoms with van der Waals surface area (Å²) < 4.78 is 1.34. The van der Waals surface area contributed by atoms with E-state index in [2.05, 4.69) is 62.4 Å². The summed E-state index contributed by atoms with van der Waals surface area (Å²) in [5.41, 5.74) is 2.42. The van der Waals surface area contributed by atoms with E-state index in [0.29, 0.717) is 12.5 Å². The molecule has 0 spiro atoms. The minimum Gasteiger partial charge on any atom is -0.344 e. The summed E-state index contributed by atoms with van der Waals surface area (Å²) in [4.78, 5) is 24.5. The first-order valence-electron chi connectivity index (χ1n) is 9.32. The Morgan fingerprint density at radius 1 is 1.04 bits per heavy atom. The molecule has 5 nitrogen and oxygen atoms in total. The lowest BCUT2D eigenvalue weighted by atomic mass is 9.93. The fourth-order valence-corrected chi connectivity index (χ4v) is 2.88. The van der Waals surface area contributed by atoms with Gasteiger partial charge in [-0.15, -0.1) is 0 Å². The van der Waals surface area contributed by atoms with Crippen molar-refractivity contribution < 1.29 is 4.79 Å². The molecule has 0 aliphatic heterocycles. The maximum absolute atomic E-state index is 12.7. The van der Waals surface area contributed by atoms with E-state index >= 15 is 0 Å². The van der Waals surface area contributed by atoms with E-state index in [9.17, 15) is 9.59 Å². The van der Waals surface area contributed by atoms with Crippen molar-refractivity contribution in [3.05, 3.63) is 63.6 Å². The summed E-state index contributed by atoms with van der Waals surface area (Å²) in [7, 11) is 0. The van der Waals surface area contributed by atoms with Crippen molar-refractivity contribution in [2.24, 2.45) is 5.92 Å². The Balaban J connectivity index is 2.23. The molecule has 1 aromatic carbocycles. The topological polar surface area (TPSA) is 64.0 Å². The Morgan fingerprint density at radius 2 is 1.65 bits per heavy atom. The summed E-state index contributed by atoms with van der Waals surface area (Å²) in [6.45, 7) is 10.9. The third-order valence-electron chi connectivity index (χ3n) is 4.45. The highest BCUT2D eigenvalue weighted by Gasteiger charge is 2.20. The number of aromatic nitrogens is 2. The summed E-state index contributed by atoms with van der Waals surface area (Å²) in [6.07, 6.45) is 0.787. The number of benzene rings is 1. The quantitative estimate of drug-likeness (QED) is 0.819. The van der Waals surface area contributed by atoms with Crippen LogP contribution in [0.15, 0.2) is 41.2 Å². The van der Waals surface area contributed by atoms with Crippen molar-refractivity contribution in [2.75, 3.05) is 0 Å². The first-order valence-corrected chi connectivity index (χ1v) is 9.32. The van der Waals surface area contributed by atoms with Crippen LogP contribution in [0.2, 0.25) is 0 Å². The van der Waals surface area contributed by atoms with Crippen molar-refractivity contribution in [2.45, 2.75) is 59.5 Å². The van der Waals surface area contributed by atoms with Gasteiger partial charge in [0.25, 0.3) is 11.5 Å². The van der Waals surface area contributed by atoms with E-state index in [0.717, 1.165) is 12.0 Å². The number of nitrogens with zero attached hydrogens (tertiary/aromatic N) is 2. The van der Waals surface area contributed by atoms with Gasteiger partial charge in [-0.3, -0.25) is 9.59 Å². The van der Waals surface area contributed by atoms with Crippen LogP contribution >= 0.6 is 0 Å². The molecule has 0 aliphatic carbocycles. The first kappa shape index (κ1) is 19.9. The van der Waals surface area contributed by atoms with Crippen molar-refractivity contribution in [1.29, 1.82) is 0 Å². The van der Waals surface area contributed by atoms with Crippen LogP contribution in [0.5, 0.6) is 0 Å². The predicted molar refractivity (Wildman–Crippen MR) is 104 cm³/mol. The number of hydrogen-bond acceptors (Lipinski definition) is 3. The van der Waals surface area contributed by atoms with Crippen LogP contribution in [0.3, 0.4) is 0 Å². The van der Waals surface area contributed by atoms with E-state index < -0.39 is 0 Å². The average Bonchev–Trinajstić information content (AvgIpc) is 2.61. The lowest BCUT2D eigenvalue weighted by Gasteiger charge is -2.23. The molecular formula is C21H29N3O2. The molecule has 2 aromatic rings. The summed E-state index contributed by atoms with van der Waals surface area (Å²) >= 11 is 0. The zero-order valence-electron chi connectivity index (χ0n) is 16.3. The van der Waals surface area contributed by atoms with Crippen molar-refractivity contribution in [3.8, 4) is 0 Å². The number of amides is 1. The highest BCUT2D eigenvalue weighted by molar-refractivity contribution is 5.92. The lowest BCUT2D eigenvalue weighted by Crippen LogP contribution is -2.34. The van der Waals surface area contributed by atoms with Gasteiger partial charge in [0, 0.05) is 12.6 Å². The molecule has 0 aliphatic rings. The van der Waals surface area contributed by atoms with Gasteiger partial charge < -0.3 is 5.32 Å². The van der Waals surface area contributed by atoms with E-state index in [-0.39, 0.29) is 29.1 Å². The van der Waals surface area contributed by atoms with E-state index in [1.807, 2.05) is 6.92 Å². The van der Waals surface area contributed by atoms with Gasteiger partial charge >= 0.3 is 0 Å². The fraction of sp³-hybridized carbons (Fsp3) is 0.476. The number of nitrogens with one attached hydrogen (secondary N) is 1. The predicted octanol–water partition coefficient (Wildman–Crippen LogP) is 3.90. The molecule has 0 radical (unpaired) electrons. The molecule has 1 atom stereocenters. The average molecular weight is 355 g/mol. The third kappa shape index (κ3) is 4.81. The Bertz CT molecular complexity index is 792. The molecule has 5 heteroatoms. The van der Waals surface area contributed by atoms with Gasteiger partial charge in [-0.25, -0.2) is 4.68 Å². The van der Waals surface area contributed by atoms with Crippen molar-refractivity contribution in [3.63, 3.8) is 0 Å². The van der Waals surface area contributed by atoms with E-state index in [4.69, 9.17) is 0 Å². The fourth-order valence-electron chi connectivity index (χ4n) is 2.88. The molecule has 0 saturated heterocycles. The maximum Gasteiger partial charge on any atom is 0.272 e. The molecule has 0 saturated carbocycles. The zero-order chi connectivity index (χ0) is 19.3. The highest BCUT2D eigenvalue weighted by Crippen LogP contribution is 2.24. The minimum absolute atomic E-state index is 0.114. The minimum atomic E-state index is -0.263. The molecule has 1 heterocycles. The van der Waals surface area contributed by atoms with Crippen LogP contribution in [-0.2, 0) is 6.54 Å². The van der Waals surface area contributed by atoms with Gasteiger partial charge in [-0.05, 0) is 35.4 Å². The van der Waals surface area contributed by atoms with Gasteiger partial charge in [0.2, 0.25) is 0 Å². The number of aryl methyl sites for hydroxylation is 1. The summed E-state index contributed by atoms with van der Waals surface area (Å²) in [6, 6.07) is 11.2. The van der Waals surface area contributed by atoms with Crippen LogP contribution in [0, 0.1) is 5.92 Å². The van der Waals surface area contributed by atoms with Crippen LogP contribution in [0.25, 0.3) is 0 Å². The summed E-state index contributed by atoms with van der Waals surface area (Å²) in [5, 5.41) is 7.27. The second-order valence-corrected chi connectivity index (χ2v) is 7.30. The van der Waals surface area contributed by atoms with Crippen LogP contribution in [-0.4, -0.2) is 15.7 Å². The molecule has 1 aromatic heterocycles. The first-order chi connectivity index (χ1) is 12.3. The monoisotopic (exact) mass is 355 g/mol. The normalized spacial score (nSPS) is 12.4. The smallest absolute Gasteiger partial charge is 0.272 e. The lowest BCUT2D eigenvalue weighted by molar-refractivity contribution is 0.0918. The van der Waals surface area contributed by atoms with Gasteiger partial charge in [0.05, 0.1) is 6.04 Å². The van der Waals surface area contributed by atoms with Crippen molar-refractivity contribution in [1.82, 2.24) is 15.1 Å². The maximum atomic E-state index is 12.7.